The van der Waals surface area contributed by atoms with Gasteiger partial charge in [0, 0.05) is 24.1 Å². The number of benzene rings is 1. The van der Waals surface area contributed by atoms with E-state index in [0.29, 0.717) is 12.1 Å². The van der Waals surface area contributed by atoms with Crippen LogP contribution in [0.4, 0.5) is 0 Å². The molecule has 1 aromatic carbocycles. The van der Waals surface area contributed by atoms with Gasteiger partial charge in [-0.15, -0.1) is 0 Å². The second-order valence-corrected chi connectivity index (χ2v) is 6.53. The zero-order chi connectivity index (χ0) is 12.9. The van der Waals surface area contributed by atoms with Crippen molar-refractivity contribution in [2.24, 2.45) is 0 Å². The summed E-state index contributed by atoms with van der Waals surface area (Å²) >= 11 is 2.03. The van der Waals surface area contributed by atoms with Crippen LogP contribution in [-0.4, -0.2) is 25.0 Å². The average molecular weight is 277 g/mol. The van der Waals surface area contributed by atoms with Crippen molar-refractivity contribution in [1.29, 1.82) is 0 Å². The summed E-state index contributed by atoms with van der Waals surface area (Å²) in [6.07, 6.45) is 5.77. The molecule has 1 aliphatic carbocycles. The van der Waals surface area contributed by atoms with Gasteiger partial charge in [0.25, 0.3) is 0 Å². The second kappa shape index (κ2) is 6.78. The molecule has 1 atom stereocenters. The van der Waals surface area contributed by atoms with Crippen molar-refractivity contribution in [3.63, 3.8) is 0 Å². The molecule has 0 amide bonds. The standard InChI is InChI=1S/C16H23NOS/c1-4-8-15-13(5-1)11-19-12-16(15)17-9-10-18-14-6-2-3-7-14/h1,4-5,8,14,16-17H,2-3,6-7,9-12H2. The van der Waals surface area contributed by atoms with Gasteiger partial charge in [-0.3, -0.25) is 0 Å². The Labute approximate surface area is 120 Å². The molecule has 1 saturated carbocycles. The Morgan fingerprint density at radius 3 is 2.95 bits per heavy atom. The molecule has 1 N–H and O–H groups in total. The first-order valence-corrected chi connectivity index (χ1v) is 8.59. The van der Waals surface area contributed by atoms with Crippen LogP contribution >= 0.6 is 11.8 Å². The highest BCUT2D eigenvalue weighted by Gasteiger charge is 2.19. The SMILES string of the molecule is c1ccc2c(c1)CSCC2NCCOC1CCCC1. The molecule has 1 fully saturated rings. The first-order chi connectivity index (χ1) is 9.43. The maximum absolute atomic E-state index is 5.91. The number of hydrogen-bond acceptors (Lipinski definition) is 3. The lowest BCUT2D eigenvalue weighted by molar-refractivity contribution is 0.0594. The Balaban J connectivity index is 1.45. The van der Waals surface area contributed by atoms with Crippen LogP contribution in [0.2, 0.25) is 0 Å². The van der Waals surface area contributed by atoms with E-state index < -0.39 is 0 Å². The molecule has 0 aromatic heterocycles. The summed E-state index contributed by atoms with van der Waals surface area (Å²) in [7, 11) is 0. The van der Waals surface area contributed by atoms with Gasteiger partial charge in [0.2, 0.25) is 0 Å². The fourth-order valence-corrected chi connectivity index (χ4v) is 4.20. The summed E-state index contributed by atoms with van der Waals surface area (Å²) < 4.78 is 5.91. The van der Waals surface area contributed by atoms with Gasteiger partial charge in [-0.25, -0.2) is 0 Å². The molecule has 0 spiro atoms. The van der Waals surface area contributed by atoms with E-state index in [1.165, 1.54) is 42.6 Å². The van der Waals surface area contributed by atoms with Crippen LogP contribution in [0.25, 0.3) is 0 Å². The summed E-state index contributed by atoms with van der Waals surface area (Å²) in [4.78, 5) is 0. The molecule has 0 saturated heterocycles. The Morgan fingerprint density at radius 2 is 2.05 bits per heavy atom. The fraction of sp³-hybridized carbons (Fsp3) is 0.625. The van der Waals surface area contributed by atoms with Crippen molar-refractivity contribution in [2.75, 3.05) is 18.9 Å². The first kappa shape index (κ1) is 13.5. The van der Waals surface area contributed by atoms with Gasteiger partial charge >= 0.3 is 0 Å². The zero-order valence-electron chi connectivity index (χ0n) is 11.4. The highest BCUT2D eigenvalue weighted by atomic mass is 32.2. The monoisotopic (exact) mass is 277 g/mol. The van der Waals surface area contributed by atoms with Crippen molar-refractivity contribution >= 4 is 11.8 Å². The predicted molar refractivity (Wildman–Crippen MR) is 81.6 cm³/mol. The number of hydrogen-bond donors (Lipinski definition) is 1. The predicted octanol–water partition coefficient (Wildman–Crippen LogP) is 3.52. The third kappa shape index (κ3) is 3.53. The molecule has 2 aliphatic rings. The number of thioether (sulfide) groups is 1. The van der Waals surface area contributed by atoms with Gasteiger partial charge in [0.1, 0.15) is 0 Å². The Hall–Kier alpha value is -0.510. The molecule has 1 unspecified atom stereocenters. The van der Waals surface area contributed by atoms with Crippen LogP contribution in [-0.2, 0) is 10.5 Å². The zero-order valence-corrected chi connectivity index (χ0v) is 12.3. The normalized spacial score (nSPS) is 23.5. The van der Waals surface area contributed by atoms with Crippen LogP contribution < -0.4 is 5.32 Å². The third-order valence-corrected chi connectivity index (χ3v) is 5.21. The van der Waals surface area contributed by atoms with Gasteiger partial charge in [-0.1, -0.05) is 37.1 Å². The van der Waals surface area contributed by atoms with E-state index in [0.717, 1.165) is 18.9 Å². The van der Waals surface area contributed by atoms with E-state index in [1.54, 1.807) is 0 Å². The molecule has 3 heteroatoms. The second-order valence-electron chi connectivity index (χ2n) is 5.50. The summed E-state index contributed by atoms with van der Waals surface area (Å²) in [6.45, 7) is 1.82. The van der Waals surface area contributed by atoms with Crippen LogP contribution in [0.1, 0.15) is 42.9 Å². The lowest BCUT2D eigenvalue weighted by Gasteiger charge is -2.26. The molecule has 2 nitrogen and oxygen atoms in total. The third-order valence-electron chi connectivity index (χ3n) is 4.12. The lowest BCUT2D eigenvalue weighted by atomic mass is 10.0. The number of rotatable bonds is 5. The van der Waals surface area contributed by atoms with Crippen LogP contribution in [0.5, 0.6) is 0 Å². The van der Waals surface area contributed by atoms with Crippen LogP contribution in [0, 0.1) is 0 Å². The van der Waals surface area contributed by atoms with E-state index in [4.69, 9.17) is 4.74 Å². The highest BCUT2D eigenvalue weighted by Crippen LogP contribution is 2.31. The Kier molecular flexibility index (Phi) is 4.81. The number of fused-ring (bicyclic) bond motifs is 1. The maximum Gasteiger partial charge on any atom is 0.0594 e. The van der Waals surface area contributed by atoms with E-state index in [9.17, 15) is 0 Å². The summed E-state index contributed by atoms with van der Waals surface area (Å²) in [5.41, 5.74) is 2.98. The minimum Gasteiger partial charge on any atom is -0.377 e. The number of nitrogens with one attached hydrogen (secondary N) is 1. The van der Waals surface area contributed by atoms with Crippen molar-refractivity contribution in [3.05, 3.63) is 35.4 Å². The minimum atomic E-state index is 0.502. The number of ether oxygens (including phenoxy) is 1. The largest absolute Gasteiger partial charge is 0.377 e. The Bertz CT molecular complexity index is 403. The average Bonchev–Trinajstić information content (AvgIpc) is 2.97. The topological polar surface area (TPSA) is 21.3 Å². The first-order valence-electron chi connectivity index (χ1n) is 7.44. The van der Waals surface area contributed by atoms with Crippen molar-refractivity contribution in [1.82, 2.24) is 5.32 Å². The summed E-state index contributed by atoms with van der Waals surface area (Å²) in [6, 6.07) is 9.32. The molecular formula is C16H23NOS. The van der Waals surface area contributed by atoms with Crippen LogP contribution in [0.15, 0.2) is 24.3 Å². The molecule has 3 rings (SSSR count). The molecule has 104 valence electrons. The fourth-order valence-electron chi connectivity index (χ4n) is 3.06. The molecule has 1 heterocycles. The molecule has 1 aromatic rings. The van der Waals surface area contributed by atoms with E-state index in [2.05, 4.69) is 29.6 Å². The van der Waals surface area contributed by atoms with Crippen molar-refractivity contribution in [2.45, 2.75) is 43.6 Å². The van der Waals surface area contributed by atoms with E-state index in [1.807, 2.05) is 11.8 Å². The maximum atomic E-state index is 5.91. The van der Waals surface area contributed by atoms with Gasteiger partial charge in [-0.2, -0.15) is 11.8 Å². The lowest BCUT2D eigenvalue weighted by Crippen LogP contribution is -2.30. The van der Waals surface area contributed by atoms with Crippen molar-refractivity contribution < 1.29 is 4.74 Å². The van der Waals surface area contributed by atoms with Gasteiger partial charge < -0.3 is 10.1 Å². The molecule has 19 heavy (non-hydrogen) atoms. The van der Waals surface area contributed by atoms with Gasteiger partial charge in [0.05, 0.1) is 12.7 Å². The van der Waals surface area contributed by atoms with E-state index >= 15 is 0 Å². The van der Waals surface area contributed by atoms with E-state index in [-0.39, 0.29) is 0 Å². The van der Waals surface area contributed by atoms with Crippen LogP contribution in [0.3, 0.4) is 0 Å². The molecular weight excluding hydrogens is 254 g/mol. The van der Waals surface area contributed by atoms with Gasteiger partial charge in [-0.05, 0) is 24.0 Å². The quantitative estimate of drug-likeness (QED) is 0.832. The molecule has 1 aliphatic heterocycles. The minimum absolute atomic E-state index is 0.502. The smallest absolute Gasteiger partial charge is 0.0594 e. The molecule has 0 bridgehead atoms. The molecule has 0 radical (unpaired) electrons. The highest BCUT2D eigenvalue weighted by molar-refractivity contribution is 7.98. The summed E-state index contributed by atoms with van der Waals surface area (Å²) in [5.74, 6) is 2.34. The van der Waals surface area contributed by atoms with Crippen molar-refractivity contribution in [3.8, 4) is 0 Å². The van der Waals surface area contributed by atoms with Gasteiger partial charge in [0.15, 0.2) is 0 Å². The Morgan fingerprint density at radius 1 is 1.21 bits per heavy atom. The summed E-state index contributed by atoms with van der Waals surface area (Å²) in [5, 5.41) is 3.66.